The van der Waals surface area contributed by atoms with E-state index in [1.165, 1.54) is 57.8 Å². The van der Waals surface area contributed by atoms with E-state index >= 15 is 0 Å². The van der Waals surface area contributed by atoms with Crippen molar-refractivity contribution in [1.29, 1.82) is 0 Å². The molecule has 7 unspecified atom stereocenters. The van der Waals surface area contributed by atoms with Crippen LogP contribution in [0.4, 0.5) is 0 Å². The molecule has 0 aromatic rings. The van der Waals surface area contributed by atoms with Crippen molar-refractivity contribution in [2.24, 2.45) is 0 Å². The largest absolute Gasteiger partial charge is 0.394 e. The first-order valence-corrected chi connectivity index (χ1v) is 22.5. The van der Waals surface area contributed by atoms with E-state index in [-0.39, 0.29) is 12.5 Å². The molecule has 1 fully saturated rings. The topological polar surface area (TPSA) is 149 Å². The van der Waals surface area contributed by atoms with Gasteiger partial charge in [-0.05, 0) is 57.8 Å². The van der Waals surface area contributed by atoms with Crippen molar-refractivity contribution < 1.29 is 39.8 Å². The Morgan fingerprint density at radius 1 is 0.625 bits per heavy atom. The Morgan fingerprint density at radius 2 is 1.11 bits per heavy atom. The van der Waals surface area contributed by atoms with Crippen LogP contribution in [-0.2, 0) is 14.3 Å². The van der Waals surface area contributed by atoms with E-state index in [4.69, 9.17) is 9.47 Å². The molecular formula is C47H83NO8. The maximum Gasteiger partial charge on any atom is 0.220 e. The van der Waals surface area contributed by atoms with E-state index in [0.717, 1.165) is 89.9 Å². The number of aliphatic hydroxyl groups excluding tert-OH is 5. The summed E-state index contributed by atoms with van der Waals surface area (Å²) in [6.45, 7) is 3.68. The van der Waals surface area contributed by atoms with Gasteiger partial charge in [-0.15, -0.1) is 0 Å². The Kier molecular flexibility index (Phi) is 34.5. The highest BCUT2D eigenvalue weighted by Gasteiger charge is 2.44. The monoisotopic (exact) mass is 790 g/mol. The second kappa shape index (κ2) is 37.2. The SMILES string of the molecule is CC/C=C\C/C=C\C/C=C\C/C=C\C/C=C\CCCCCCCC(=O)NC(COC1OC(CO)C(O)C(O)C1O)C(O)CCCCCCCCCCCCCC. The minimum atomic E-state index is -1.56. The van der Waals surface area contributed by atoms with Gasteiger partial charge in [0.1, 0.15) is 24.4 Å². The van der Waals surface area contributed by atoms with Crippen molar-refractivity contribution in [2.75, 3.05) is 13.2 Å². The van der Waals surface area contributed by atoms with Gasteiger partial charge >= 0.3 is 0 Å². The Hall–Kier alpha value is -2.11. The van der Waals surface area contributed by atoms with Crippen LogP contribution in [0, 0.1) is 0 Å². The molecule has 1 aliphatic rings. The number of hydrogen-bond donors (Lipinski definition) is 6. The maximum absolute atomic E-state index is 13.0. The molecule has 0 spiro atoms. The minimum absolute atomic E-state index is 0.149. The molecule has 0 aromatic heterocycles. The lowest BCUT2D eigenvalue weighted by atomic mass is 9.99. The quantitative estimate of drug-likeness (QED) is 0.0272. The number of aliphatic hydroxyl groups is 5. The number of carbonyl (C=O) groups is 1. The summed E-state index contributed by atoms with van der Waals surface area (Å²) in [6.07, 6.45) is 40.8. The van der Waals surface area contributed by atoms with Crippen molar-refractivity contribution in [3.63, 3.8) is 0 Å². The Bertz CT molecular complexity index is 1060. The molecule has 0 saturated carbocycles. The minimum Gasteiger partial charge on any atom is -0.394 e. The summed E-state index contributed by atoms with van der Waals surface area (Å²) in [7, 11) is 0. The Balaban J connectivity index is 2.34. The lowest BCUT2D eigenvalue weighted by Crippen LogP contribution is -2.60. The third-order valence-corrected chi connectivity index (χ3v) is 10.4. The van der Waals surface area contributed by atoms with Gasteiger partial charge in [0.05, 0.1) is 25.4 Å². The Morgan fingerprint density at radius 3 is 1.64 bits per heavy atom. The summed E-state index contributed by atoms with van der Waals surface area (Å²) in [5.74, 6) is -0.167. The summed E-state index contributed by atoms with van der Waals surface area (Å²) < 4.78 is 11.2. The van der Waals surface area contributed by atoms with Gasteiger partial charge in [-0.1, -0.05) is 171 Å². The predicted molar refractivity (Wildman–Crippen MR) is 230 cm³/mol. The highest BCUT2D eigenvalue weighted by atomic mass is 16.7. The fraction of sp³-hybridized carbons (Fsp3) is 0.766. The number of hydrogen-bond acceptors (Lipinski definition) is 8. The zero-order chi connectivity index (χ0) is 40.9. The molecule has 324 valence electrons. The standard InChI is InChI=1S/C47H83NO8/c1-3-5-7-9-11-13-15-17-18-19-20-21-22-23-24-25-27-29-31-33-35-37-43(51)48-40(39-55-47-46(54)45(53)44(52)42(38-49)56-47)41(50)36-34-32-30-28-26-16-14-12-10-8-6-4-2/h5,7,11,13,17-18,20-21,23-24,40-42,44-47,49-50,52-54H,3-4,6,8-10,12,14-16,19,22,25-39H2,1-2H3,(H,48,51)/b7-5-,13-11-,18-17-,21-20-,24-23-. The lowest BCUT2D eigenvalue weighted by molar-refractivity contribution is -0.302. The van der Waals surface area contributed by atoms with Crippen molar-refractivity contribution in [3.8, 4) is 0 Å². The molecule has 9 nitrogen and oxygen atoms in total. The van der Waals surface area contributed by atoms with Gasteiger partial charge in [-0.3, -0.25) is 4.79 Å². The van der Waals surface area contributed by atoms with Gasteiger partial charge in [0.25, 0.3) is 0 Å². The van der Waals surface area contributed by atoms with Gasteiger partial charge in [-0.25, -0.2) is 0 Å². The molecule has 6 N–H and O–H groups in total. The number of ether oxygens (including phenoxy) is 2. The number of unbranched alkanes of at least 4 members (excludes halogenated alkanes) is 16. The van der Waals surface area contributed by atoms with Crippen LogP contribution >= 0.6 is 0 Å². The molecule has 1 saturated heterocycles. The highest BCUT2D eigenvalue weighted by Crippen LogP contribution is 2.23. The molecule has 9 heteroatoms. The van der Waals surface area contributed by atoms with Gasteiger partial charge < -0.3 is 40.3 Å². The second-order valence-electron chi connectivity index (χ2n) is 15.5. The number of rotatable bonds is 36. The number of amides is 1. The number of allylic oxidation sites excluding steroid dienone is 10. The van der Waals surface area contributed by atoms with E-state index in [9.17, 15) is 30.3 Å². The summed E-state index contributed by atoms with van der Waals surface area (Å²) in [5, 5.41) is 54.3. The molecular weight excluding hydrogens is 707 g/mol. The van der Waals surface area contributed by atoms with Crippen molar-refractivity contribution >= 4 is 5.91 Å². The van der Waals surface area contributed by atoms with Crippen LogP contribution in [0.2, 0.25) is 0 Å². The molecule has 1 heterocycles. The second-order valence-corrected chi connectivity index (χ2v) is 15.5. The molecule has 0 radical (unpaired) electrons. The molecule has 1 aliphatic heterocycles. The molecule has 0 aliphatic carbocycles. The van der Waals surface area contributed by atoms with Crippen molar-refractivity contribution in [2.45, 2.75) is 217 Å². The van der Waals surface area contributed by atoms with E-state index in [0.29, 0.717) is 12.8 Å². The predicted octanol–water partition coefficient (Wildman–Crippen LogP) is 9.22. The number of nitrogens with one attached hydrogen (secondary N) is 1. The van der Waals surface area contributed by atoms with Crippen LogP contribution in [0.25, 0.3) is 0 Å². The normalized spacial score (nSPS) is 21.7. The molecule has 1 rings (SSSR count). The lowest BCUT2D eigenvalue weighted by Gasteiger charge is -2.40. The van der Waals surface area contributed by atoms with Crippen molar-refractivity contribution in [3.05, 3.63) is 60.8 Å². The zero-order valence-corrected chi connectivity index (χ0v) is 35.4. The first-order chi connectivity index (χ1) is 27.3. The third-order valence-electron chi connectivity index (χ3n) is 10.4. The van der Waals surface area contributed by atoms with Crippen molar-refractivity contribution in [1.82, 2.24) is 5.32 Å². The third kappa shape index (κ3) is 27.5. The molecule has 7 atom stereocenters. The van der Waals surface area contributed by atoms with Gasteiger partial charge in [0.2, 0.25) is 5.91 Å². The fourth-order valence-electron chi connectivity index (χ4n) is 6.77. The summed E-state index contributed by atoms with van der Waals surface area (Å²) in [6, 6.07) is -0.731. The summed E-state index contributed by atoms with van der Waals surface area (Å²) in [4.78, 5) is 13.0. The van der Waals surface area contributed by atoms with Gasteiger partial charge in [-0.2, -0.15) is 0 Å². The fourth-order valence-corrected chi connectivity index (χ4v) is 6.77. The molecule has 1 amide bonds. The first kappa shape index (κ1) is 51.9. The van der Waals surface area contributed by atoms with Crippen LogP contribution in [0.5, 0.6) is 0 Å². The van der Waals surface area contributed by atoms with Crippen LogP contribution in [0.1, 0.15) is 174 Å². The van der Waals surface area contributed by atoms with E-state index < -0.39 is 49.5 Å². The first-order valence-electron chi connectivity index (χ1n) is 22.5. The van der Waals surface area contributed by atoms with Gasteiger partial charge in [0.15, 0.2) is 6.29 Å². The van der Waals surface area contributed by atoms with Crippen LogP contribution < -0.4 is 5.32 Å². The smallest absolute Gasteiger partial charge is 0.220 e. The average Bonchev–Trinajstić information content (AvgIpc) is 3.20. The van der Waals surface area contributed by atoms with Gasteiger partial charge in [0, 0.05) is 6.42 Å². The maximum atomic E-state index is 13.0. The molecule has 0 aromatic carbocycles. The zero-order valence-electron chi connectivity index (χ0n) is 35.4. The highest BCUT2D eigenvalue weighted by molar-refractivity contribution is 5.76. The summed E-state index contributed by atoms with van der Waals surface area (Å²) in [5.41, 5.74) is 0. The van der Waals surface area contributed by atoms with Crippen LogP contribution in [-0.4, -0.2) is 87.5 Å². The number of carbonyl (C=O) groups excluding carboxylic acids is 1. The average molecular weight is 790 g/mol. The molecule has 0 bridgehead atoms. The Labute approximate surface area is 341 Å². The van der Waals surface area contributed by atoms with E-state index in [1.54, 1.807) is 0 Å². The van der Waals surface area contributed by atoms with E-state index in [1.807, 2.05) is 0 Å². The summed E-state index contributed by atoms with van der Waals surface area (Å²) >= 11 is 0. The molecule has 56 heavy (non-hydrogen) atoms. The van der Waals surface area contributed by atoms with Crippen LogP contribution in [0.3, 0.4) is 0 Å². The van der Waals surface area contributed by atoms with Crippen LogP contribution in [0.15, 0.2) is 60.8 Å². The van der Waals surface area contributed by atoms with E-state index in [2.05, 4.69) is 79.9 Å².